The van der Waals surface area contributed by atoms with Gasteiger partial charge in [-0.25, -0.2) is 4.79 Å². The molecule has 244 valence electrons. The van der Waals surface area contributed by atoms with E-state index in [0.717, 1.165) is 16.9 Å². The maximum atomic E-state index is 13.8. The highest BCUT2D eigenvalue weighted by atomic mass is 35.5. The first-order valence-electron chi connectivity index (χ1n) is 15.9. The summed E-state index contributed by atoms with van der Waals surface area (Å²) in [4.78, 5) is 28.4. The molecule has 2 N–H and O–H groups in total. The number of halogens is 1. The summed E-state index contributed by atoms with van der Waals surface area (Å²) >= 11 is 6.58. The summed E-state index contributed by atoms with van der Waals surface area (Å²) in [6, 6.07) is 26.7. The minimum absolute atomic E-state index is 0.0882. The molecule has 4 aromatic rings. The molecule has 8 nitrogen and oxygen atoms in total. The number of nitrogens with one attached hydrogen (secondary N) is 2. The molecule has 47 heavy (non-hydrogen) atoms. The van der Waals surface area contributed by atoms with Crippen LogP contribution in [-0.2, 0) is 11.3 Å². The van der Waals surface area contributed by atoms with Gasteiger partial charge >= 0.3 is 6.09 Å². The van der Waals surface area contributed by atoms with E-state index in [1.807, 2.05) is 51.1 Å². The van der Waals surface area contributed by atoms with Gasteiger partial charge < -0.3 is 24.7 Å². The largest absolute Gasteiger partial charge is 0.460 e. The second-order valence-electron chi connectivity index (χ2n) is 13.1. The standard InChI is InChI=1S/C38H41ClN4O4/c1-24-6-10-27(11-7-24)25(2)41-22-30-15-17-35(46-30)29-14-16-33(39)32(20-29)36(44)42-34-23-43(37(45)47-38(3,4)5)19-18-31(34)28-12-8-26(21-40)9-13-28/h6-17,20,25,31,34,41H,18-19,22-23H2,1-5H3,(H,42,44)/t25-,31-,34+/m1/s1. The van der Waals surface area contributed by atoms with Gasteiger partial charge in [0.2, 0.25) is 0 Å². The van der Waals surface area contributed by atoms with E-state index in [0.29, 0.717) is 41.4 Å². The Morgan fingerprint density at radius 1 is 1.06 bits per heavy atom. The summed E-state index contributed by atoms with van der Waals surface area (Å²) < 4.78 is 11.8. The lowest BCUT2D eigenvalue weighted by molar-refractivity contribution is 0.0169. The molecule has 1 fully saturated rings. The van der Waals surface area contributed by atoms with Gasteiger partial charge in [0, 0.05) is 30.6 Å². The number of amides is 2. The third-order valence-electron chi connectivity index (χ3n) is 8.37. The Labute approximate surface area is 281 Å². The molecule has 0 unspecified atom stereocenters. The van der Waals surface area contributed by atoms with Crippen LogP contribution in [0.1, 0.15) is 84.4 Å². The average Bonchev–Trinajstić information content (AvgIpc) is 3.52. The number of hydrogen-bond donors (Lipinski definition) is 2. The van der Waals surface area contributed by atoms with Crippen LogP contribution in [0, 0.1) is 18.3 Å². The van der Waals surface area contributed by atoms with Crippen molar-refractivity contribution in [3.63, 3.8) is 0 Å². The smallest absolute Gasteiger partial charge is 0.410 e. The Kier molecular flexibility index (Phi) is 10.4. The number of ether oxygens (including phenoxy) is 1. The zero-order valence-corrected chi connectivity index (χ0v) is 28.2. The number of nitrogens with zero attached hydrogens (tertiary/aromatic N) is 2. The maximum Gasteiger partial charge on any atom is 0.410 e. The highest BCUT2D eigenvalue weighted by Crippen LogP contribution is 2.32. The van der Waals surface area contributed by atoms with E-state index in [2.05, 4.69) is 54.8 Å². The van der Waals surface area contributed by atoms with E-state index < -0.39 is 17.7 Å². The van der Waals surface area contributed by atoms with Gasteiger partial charge in [-0.2, -0.15) is 5.26 Å². The molecule has 3 aromatic carbocycles. The van der Waals surface area contributed by atoms with E-state index in [4.69, 9.17) is 20.8 Å². The van der Waals surface area contributed by atoms with Crippen LogP contribution in [0.25, 0.3) is 11.3 Å². The van der Waals surface area contributed by atoms with E-state index in [1.165, 1.54) is 11.1 Å². The predicted octanol–water partition coefficient (Wildman–Crippen LogP) is 8.15. The van der Waals surface area contributed by atoms with Crippen molar-refractivity contribution in [2.24, 2.45) is 0 Å². The molecule has 2 amide bonds. The van der Waals surface area contributed by atoms with Gasteiger partial charge in [-0.3, -0.25) is 4.79 Å². The lowest BCUT2D eigenvalue weighted by Gasteiger charge is -2.39. The lowest BCUT2D eigenvalue weighted by Crippen LogP contribution is -2.54. The van der Waals surface area contributed by atoms with Crippen molar-refractivity contribution < 1.29 is 18.7 Å². The van der Waals surface area contributed by atoms with E-state index >= 15 is 0 Å². The predicted molar refractivity (Wildman–Crippen MR) is 183 cm³/mol. The third kappa shape index (κ3) is 8.62. The first-order valence-corrected chi connectivity index (χ1v) is 16.3. The van der Waals surface area contributed by atoms with Crippen LogP contribution in [0.15, 0.2) is 83.3 Å². The molecule has 1 aliphatic rings. The summed E-state index contributed by atoms with van der Waals surface area (Å²) in [6.07, 6.45) is 0.182. The first kappa shape index (κ1) is 33.8. The van der Waals surface area contributed by atoms with Gasteiger partial charge in [-0.1, -0.05) is 53.6 Å². The molecule has 0 aliphatic carbocycles. The zero-order chi connectivity index (χ0) is 33.7. The summed E-state index contributed by atoms with van der Waals surface area (Å²) in [6.45, 7) is 10.9. The number of benzene rings is 3. The Balaban J connectivity index is 1.32. The van der Waals surface area contributed by atoms with Crippen LogP contribution in [0.5, 0.6) is 0 Å². The van der Waals surface area contributed by atoms with Crippen molar-refractivity contribution in [2.45, 2.75) is 71.2 Å². The van der Waals surface area contributed by atoms with Gasteiger partial charge in [0.05, 0.1) is 34.8 Å². The molecule has 3 atom stereocenters. The summed E-state index contributed by atoms with van der Waals surface area (Å²) in [5.74, 6) is 0.955. The molecule has 0 bridgehead atoms. The number of hydrogen-bond acceptors (Lipinski definition) is 6. The SMILES string of the molecule is Cc1ccc([C@@H](C)NCc2ccc(-c3ccc(Cl)c(C(=O)N[C@H]4CN(C(=O)OC(C)(C)C)CC[C@@H]4c4ccc(C#N)cc4)c3)o2)cc1. The van der Waals surface area contributed by atoms with Gasteiger partial charge in [0.25, 0.3) is 5.91 Å². The van der Waals surface area contributed by atoms with Crippen LogP contribution in [-0.4, -0.2) is 41.6 Å². The number of piperidine rings is 1. The second-order valence-corrected chi connectivity index (χ2v) is 13.5. The van der Waals surface area contributed by atoms with Gasteiger partial charge in [-0.15, -0.1) is 0 Å². The summed E-state index contributed by atoms with van der Waals surface area (Å²) in [5, 5.41) is 16.2. The molecule has 2 heterocycles. The lowest BCUT2D eigenvalue weighted by atomic mass is 9.84. The fourth-order valence-electron chi connectivity index (χ4n) is 5.75. The van der Waals surface area contributed by atoms with Crippen molar-refractivity contribution >= 4 is 23.6 Å². The molecular formula is C38H41ClN4O4. The molecule has 1 aromatic heterocycles. The van der Waals surface area contributed by atoms with Crippen LogP contribution in [0.3, 0.4) is 0 Å². The number of carbonyl (C=O) groups excluding carboxylic acids is 2. The molecule has 0 saturated carbocycles. The first-order chi connectivity index (χ1) is 22.4. The van der Waals surface area contributed by atoms with Crippen molar-refractivity contribution in [3.8, 4) is 17.4 Å². The summed E-state index contributed by atoms with van der Waals surface area (Å²) in [7, 11) is 0. The highest BCUT2D eigenvalue weighted by molar-refractivity contribution is 6.34. The Bertz CT molecular complexity index is 1750. The molecule has 1 aliphatic heterocycles. The van der Waals surface area contributed by atoms with E-state index in [1.54, 1.807) is 29.2 Å². The highest BCUT2D eigenvalue weighted by Gasteiger charge is 2.35. The fourth-order valence-corrected chi connectivity index (χ4v) is 5.95. The zero-order valence-electron chi connectivity index (χ0n) is 27.5. The minimum Gasteiger partial charge on any atom is -0.460 e. The number of nitriles is 1. The van der Waals surface area contributed by atoms with E-state index in [9.17, 15) is 14.9 Å². The van der Waals surface area contributed by atoms with Crippen LogP contribution in [0.4, 0.5) is 4.79 Å². The molecule has 5 rings (SSSR count). The molecular weight excluding hydrogens is 612 g/mol. The van der Waals surface area contributed by atoms with Crippen LogP contribution >= 0.6 is 11.6 Å². The van der Waals surface area contributed by atoms with Crippen molar-refractivity contribution in [1.29, 1.82) is 5.26 Å². The Hall–Kier alpha value is -4.58. The normalized spacial score (nSPS) is 17.1. The molecule has 0 radical (unpaired) electrons. The topological polar surface area (TPSA) is 108 Å². The van der Waals surface area contributed by atoms with Crippen molar-refractivity contribution in [2.75, 3.05) is 13.1 Å². The van der Waals surface area contributed by atoms with Crippen molar-refractivity contribution in [3.05, 3.63) is 117 Å². The number of likely N-dealkylation sites (tertiary alicyclic amines) is 1. The fraction of sp³-hybridized carbons (Fsp3) is 0.342. The maximum absolute atomic E-state index is 13.8. The number of rotatable bonds is 8. The van der Waals surface area contributed by atoms with Crippen LogP contribution in [0.2, 0.25) is 5.02 Å². The second kappa shape index (κ2) is 14.5. The molecule has 9 heteroatoms. The van der Waals surface area contributed by atoms with Gasteiger partial charge in [0.1, 0.15) is 17.1 Å². The number of furan rings is 1. The van der Waals surface area contributed by atoms with Crippen molar-refractivity contribution in [1.82, 2.24) is 15.5 Å². The van der Waals surface area contributed by atoms with E-state index in [-0.39, 0.29) is 24.4 Å². The minimum atomic E-state index is -0.644. The molecule has 0 spiro atoms. The third-order valence-corrected chi connectivity index (χ3v) is 8.70. The quantitative estimate of drug-likeness (QED) is 0.199. The Morgan fingerprint density at radius 3 is 2.47 bits per heavy atom. The summed E-state index contributed by atoms with van der Waals surface area (Å²) in [5.41, 5.74) is 4.34. The monoisotopic (exact) mass is 652 g/mol. The Morgan fingerprint density at radius 2 is 1.79 bits per heavy atom. The number of aryl methyl sites for hydroxylation is 1. The average molecular weight is 653 g/mol. The van der Waals surface area contributed by atoms with Gasteiger partial charge in [0.15, 0.2) is 0 Å². The number of carbonyl (C=O) groups is 2. The van der Waals surface area contributed by atoms with Crippen LogP contribution < -0.4 is 10.6 Å². The molecule has 1 saturated heterocycles. The van der Waals surface area contributed by atoms with Gasteiger partial charge in [-0.05, 0) is 94.6 Å².